The van der Waals surface area contributed by atoms with Crippen molar-refractivity contribution < 1.29 is 19.1 Å². The number of esters is 2. The van der Waals surface area contributed by atoms with E-state index in [1.165, 1.54) is 24.5 Å². The van der Waals surface area contributed by atoms with Crippen LogP contribution in [0.25, 0.3) is 0 Å². The molecule has 1 heterocycles. The Bertz CT molecular complexity index is 560. The lowest BCUT2D eigenvalue weighted by molar-refractivity contribution is 0.0597. The fourth-order valence-electron chi connectivity index (χ4n) is 1.36. The summed E-state index contributed by atoms with van der Waals surface area (Å²) < 4.78 is 9.75. The van der Waals surface area contributed by atoms with E-state index in [0.29, 0.717) is 16.2 Å². The third kappa shape index (κ3) is 2.75. The van der Waals surface area contributed by atoms with Crippen LogP contribution < -0.4 is 4.74 Å². The molecular weight excluding hydrogens is 252 g/mol. The van der Waals surface area contributed by atoms with E-state index in [9.17, 15) is 9.59 Å². The standard InChI is InChI=1S/C13H10O4S/c1-16-12(14)9-4-2-5-10(8-9)17-13(15)11-6-3-7-18-11/h2-8H,1H3. The Morgan fingerprint density at radius 1 is 1.11 bits per heavy atom. The van der Waals surface area contributed by atoms with Gasteiger partial charge in [-0.05, 0) is 29.6 Å². The molecule has 92 valence electrons. The second-order valence-electron chi connectivity index (χ2n) is 3.39. The van der Waals surface area contributed by atoms with Gasteiger partial charge in [0.15, 0.2) is 0 Å². The molecule has 0 atom stereocenters. The smallest absolute Gasteiger partial charge is 0.353 e. The number of hydrogen-bond donors (Lipinski definition) is 0. The molecule has 0 aliphatic heterocycles. The van der Waals surface area contributed by atoms with Gasteiger partial charge in [0.25, 0.3) is 0 Å². The third-order valence-electron chi connectivity index (χ3n) is 2.19. The Morgan fingerprint density at radius 3 is 2.61 bits per heavy atom. The number of thiophene rings is 1. The van der Waals surface area contributed by atoms with Crippen molar-refractivity contribution in [3.05, 3.63) is 52.2 Å². The van der Waals surface area contributed by atoms with Gasteiger partial charge in [0.1, 0.15) is 10.6 Å². The van der Waals surface area contributed by atoms with Crippen LogP contribution in [0.4, 0.5) is 0 Å². The summed E-state index contributed by atoms with van der Waals surface area (Å²) in [6, 6.07) is 9.75. The fraction of sp³-hybridized carbons (Fsp3) is 0.0769. The molecule has 0 spiro atoms. The molecule has 0 amide bonds. The van der Waals surface area contributed by atoms with E-state index in [1.807, 2.05) is 0 Å². The molecule has 0 N–H and O–H groups in total. The second kappa shape index (κ2) is 5.46. The van der Waals surface area contributed by atoms with Crippen LogP contribution in [0.1, 0.15) is 20.0 Å². The van der Waals surface area contributed by atoms with E-state index in [-0.39, 0.29) is 0 Å². The molecule has 1 aromatic heterocycles. The van der Waals surface area contributed by atoms with Gasteiger partial charge in [0.2, 0.25) is 0 Å². The number of carbonyl (C=O) groups is 2. The van der Waals surface area contributed by atoms with Crippen LogP contribution in [0.5, 0.6) is 5.75 Å². The summed E-state index contributed by atoms with van der Waals surface area (Å²) in [5.74, 6) is -0.590. The predicted molar refractivity (Wildman–Crippen MR) is 67.1 cm³/mol. The highest BCUT2D eigenvalue weighted by Gasteiger charge is 2.11. The van der Waals surface area contributed by atoms with Crippen molar-refractivity contribution >= 4 is 23.3 Å². The van der Waals surface area contributed by atoms with E-state index in [1.54, 1.807) is 35.7 Å². The Labute approximate surface area is 108 Å². The van der Waals surface area contributed by atoms with Crippen molar-refractivity contribution in [2.24, 2.45) is 0 Å². The lowest BCUT2D eigenvalue weighted by Gasteiger charge is -2.04. The van der Waals surface area contributed by atoms with Gasteiger partial charge >= 0.3 is 11.9 Å². The molecule has 18 heavy (non-hydrogen) atoms. The van der Waals surface area contributed by atoms with Gasteiger partial charge in [-0.3, -0.25) is 0 Å². The van der Waals surface area contributed by atoms with E-state index in [2.05, 4.69) is 4.74 Å². The van der Waals surface area contributed by atoms with Crippen molar-refractivity contribution in [2.75, 3.05) is 7.11 Å². The average molecular weight is 262 g/mol. The normalized spacial score (nSPS) is 9.83. The largest absolute Gasteiger partial charge is 0.465 e. The summed E-state index contributed by atoms with van der Waals surface area (Å²) in [6.07, 6.45) is 0. The van der Waals surface area contributed by atoms with Crippen molar-refractivity contribution in [3.8, 4) is 5.75 Å². The summed E-state index contributed by atoms with van der Waals surface area (Å²) in [5, 5.41) is 1.79. The zero-order valence-electron chi connectivity index (χ0n) is 9.58. The lowest BCUT2D eigenvalue weighted by Crippen LogP contribution is -2.07. The first-order valence-corrected chi connectivity index (χ1v) is 6.03. The first-order chi connectivity index (χ1) is 8.70. The van der Waals surface area contributed by atoms with Gasteiger partial charge in [0.05, 0.1) is 12.7 Å². The lowest BCUT2D eigenvalue weighted by atomic mass is 10.2. The summed E-state index contributed by atoms with van der Waals surface area (Å²) in [6.45, 7) is 0. The van der Waals surface area contributed by atoms with E-state index < -0.39 is 11.9 Å². The first kappa shape index (κ1) is 12.3. The Morgan fingerprint density at radius 2 is 1.94 bits per heavy atom. The second-order valence-corrected chi connectivity index (χ2v) is 4.33. The minimum Gasteiger partial charge on any atom is -0.465 e. The molecule has 2 rings (SSSR count). The Balaban J connectivity index is 2.15. The van der Waals surface area contributed by atoms with Crippen LogP contribution in [0.3, 0.4) is 0 Å². The van der Waals surface area contributed by atoms with Gasteiger partial charge in [-0.15, -0.1) is 11.3 Å². The van der Waals surface area contributed by atoms with Crippen LogP contribution in [0, 0.1) is 0 Å². The minimum atomic E-state index is -0.468. The molecule has 0 radical (unpaired) electrons. The number of hydrogen-bond acceptors (Lipinski definition) is 5. The highest BCUT2D eigenvalue weighted by Crippen LogP contribution is 2.17. The average Bonchev–Trinajstić information content (AvgIpc) is 2.92. The maximum Gasteiger partial charge on any atom is 0.353 e. The number of ether oxygens (including phenoxy) is 2. The van der Waals surface area contributed by atoms with Gasteiger partial charge < -0.3 is 9.47 Å². The van der Waals surface area contributed by atoms with E-state index >= 15 is 0 Å². The molecule has 0 aliphatic carbocycles. The molecule has 0 saturated carbocycles. The molecule has 1 aromatic carbocycles. The van der Waals surface area contributed by atoms with Gasteiger partial charge in [-0.2, -0.15) is 0 Å². The minimum absolute atomic E-state index is 0.316. The third-order valence-corrected chi connectivity index (χ3v) is 3.04. The SMILES string of the molecule is COC(=O)c1cccc(OC(=O)c2cccs2)c1. The van der Waals surface area contributed by atoms with Crippen molar-refractivity contribution in [1.29, 1.82) is 0 Å². The highest BCUT2D eigenvalue weighted by atomic mass is 32.1. The molecule has 0 aliphatic rings. The summed E-state index contributed by atoms with van der Waals surface area (Å²) in [7, 11) is 1.30. The molecule has 4 nitrogen and oxygen atoms in total. The zero-order valence-corrected chi connectivity index (χ0v) is 10.4. The first-order valence-electron chi connectivity index (χ1n) is 5.15. The highest BCUT2D eigenvalue weighted by molar-refractivity contribution is 7.12. The van der Waals surface area contributed by atoms with Crippen molar-refractivity contribution in [1.82, 2.24) is 0 Å². The van der Waals surface area contributed by atoms with Crippen molar-refractivity contribution in [2.45, 2.75) is 0 Å². The maximum absolute atomic E-state index is 11.7. The number of rotatable bonds is 3. The quantitative estimate of drug-likeness (QED) is 0.630. The molecule has 0 fully saturated rings. The van der Waals surface area contributed by atoms with Gasteiger partial charge in [-0.1, -0.05) is 12.1 Å². The Hall–Kier alpha value is -2.14. The fourth-order valence-corrected chi connectivity index (χ4v) is 1.96. The summed E-state index contributed by atoms with van der Waals surface area (Å²) >= 11 is 1.30. The number of benzene rings is 1. The molecule has 2 aromatic rings. The molecule has 0 saturated heterocycles. The van der Waals surface area contributed by atoms with Crippen molar-refractivity contribution in [3.63, 3.8) is 0 Å². The molecule has 0 bridgehead atoms. The van der Waals surface area contributed by atoms with Crippen LogP contribution in [-0.4, -0.2) is 19.0 Å². The van der Waals surface area contributed by atoms with Gasteiger partial charge in [-0.25, -0.2) is 9.59 Å². The van der Waals surface area contributed by atoms with E-state index in [4.69, 9.17) is 4.74 Å². The summed E-state index contributed by atoms with van der Waals surface area (Å²) in [5.41, 5.74) is 0.342. The Kier molecular flexibility index (Phi) is 3.74. The monoisotopic (exact) mass is 262 g/mol. The predicted octanol–water partition coefficient (Wildman–Crippen LogP) is 2.75. The van der Waals surface area contributed by atoms with E-state index in [0.717, 1.165) is 0 Å². The number of carbonyl (C=O) groups excluding carboxylic acids is 2. The molecule has 5 heteroatoms. The van der Waals surface area contributed by atoms with Crippen LogP contribution in [-0.2, 0) is 4.74 Å². The zero-order chi connectivity index (χ0) is 13.0. The van der Waals surface area contributed by atoms with Gasteiger partial charge in [0, 0.05) is 0 Å². The van der Waals surface area contributed by atoms with Crippen LogP contribution in [0.2, 0.25) is 0 Å². The van der Waals surface area contributed by atoms with Crippen LogP contribution in [0.15, 0.2) is 41.8 Å². The molecular formula is C13H10O4S. The number of methoxy groups -OCH3 is 1. The molecule has 0 unspecified atom stereocenters. The van der Waals surface area contributed by atoms with Crippen LogP contribution >= 0.6 is 11.3 Å². The topological polar surface area (TPSA) is 52.6 Å². The maximum atomic E-state index is 11.7. The summed E-state index contributed by atoms with van der Waals surface area (Å²) in [4.78, 5) is 23.5.